The molecule has 0 aromatic heterocycles. The van der Waals surface area contributed by atoms with Gasteiger partial charge >= 0.3 is 0 Å². The van der Waals surface area contributed by atoms with E-state index in [-0.39, 0.29) is 23.7 Å². The second-order valence-corrected chi connectivity index (χ2v) is 6.16. The summed E-state index contributed by atoms with van der Waals surface area (Å²) in [4.78, 5) is 0. The van der Waals surface area contributed by atoms with E-state index in [0.717, 1.165) is 19.3 Å². The second kappa shape index (κ2) is 5.74. The number of phenols is 1. The summed E-state index contributed by atoms with van der Waals surface area (Å²) in [5.74, 6) is 0.324. The van der Waals surface area contributed by atoms with Crippen LogP contribution in [0.3, 0.4) is 0 Å². The first-order valence-electron chi connectivity index (χ1n) is 7.68. The third-order valence-electron chi connectivity index (χ3n) is 4.80. The van der Waals surface area contributed by atoms with Gasteiger partial charge in [0.1, 0.15) is 5.75 Å². The predicted octanol–water partition coefficient (Wildman–Crippen LogP) is 3.13. The minimum absolute atomic E-state index is 0.0331. The molecule has 2 atom stereocenters. The average Bonchev–Trinajstić information content (AvgIpc) is 2.41. The normalized spacial score (nSPS) is 24.7. The van der Waals surface area contributed by atoms with Crippen molar-refractivity contribution in [1.82, 2.24) is 0 Å². The van der Waals surface area contributed by atoms with E-state index < -0.39 is 0 Å². The summed E-state index contributed by atoms with van der Waals surface area (Å²) >= 11 is 0. The number of phenolic OH excluding ortho intramolecular Hbond substituents is 1. The van der Waals surface area contributed by atoms with E-state index in [9.17, 15) is 5.11 Å². The first-order chi connectivity index (χ1) is 9.44. The first kappa shape index (κ1) is 15.3. The standard InChI is InChI=1S/C17H27NO2/c1-5-17(6-2)14-10-13(19)8-7-12(14)9-15(16(17)18)20-11(3)4/h7-8,10-11,15-16,19H,5-6,9,18H2,1-4H3. The monoisotopic (exact) mass is 277 g/mol. The lowest BCUT2D eigenvalue weighted by Crippen LogP contribution is -2.57. The lowest BCUT2D eigenvalue weighted by Gasteiger charge is -2.47. The molecule has 20 heavy (non-hydrogen) atoms. The fraction of sp³-hybridized carbons (Fsp3) is 0.647. The van der Waals surface area contributed by atoms with Crippen molar-refractivity contribution in [1.29, 1.82) is 0 Å². The van der Waals surface area contributed by atoms with Crippen molar-refractivity contribution in [3.8, 4) is 5.75 Å². The molecule has 1 aromatic rings. The third-order valence-corrected chi connectivity index (χ3v) is 4.80. The number of rotatable bonds is 4. The Labute approximate surface area is 122 Å². The van der Waals surface area contributed by atoms with E-state index in [0.29, 0.717) is 5.75 Å². The molecule has 1 aliphatic carbocycles. The molecule has 3 heteroatoms. The molecule has 0 saturated carbocycles. The van der Waals surface area contributed by atoms with Gasteiger partial charge in [0.25, 0.3) is 0 Å². The molecule has 0 fully saturated rings. The van der Waals surface area contributed by atoms with Crippen molar-refractivity contribution in [2.75, 3.05) is 0 Å². The van der Waals surface area contributed by atoms with E-state index in [4.69, 9.17) is 10.5 Å². The molecule has 112 valence electrons. The molecule has 1 aliphatic rings. The zero-order chi connectivity index (χ0) is 14.9. The third kappa shape index (κ3) is 2.45. The van der Waals surface area contributed by atoms with Gasteiger partial charge in [0, 0.05) is 17.9 Å². The molecular weight excluding hydrogens is 250 g/mol. The number of ether oxygens (including phenoxy) is 1. The molecule has 0 saturated heterocycles. The molecule has 3 nitrogen and oxygen atoms in total. The highest BCUT2D eigenvalue weighted by atomic mass is 16.5. The molecule has 0 heterocycles. The maximum absolute atomic E-state index is 9.84. The van der Waals surface area contributed by atoms with Gasteiger partial charge in [-0.15, -0.1) is 0 Å². The van der Waals surface area contributed by atoms with Crippen LogP contribution in [0.15, 0.2) is 18.2 Å². The predicted molar refractivity (Wildman–Crippen MR) is 82.1 cm³/mol. The van der Waals surface area contributed by atoms with Crippen LogP contribution < -0.4 is 5.73 Å². The molecule has 0 amide bonds. The molecule has 3 N–H and O–H groups in total. The van der Waals surface area contributed by atoms with Gasteiger partial charge in [0.2, 0.25) is 0 Å². The Bertz CT molecular complexity index is 466. The van der Waals surface area contributed by atoms with Crippen molar-refractivity contribution in [2.45, 2.75) is 70.6 Å². The van der Waals surface area contributed by atoms with Crippen LogP contribution in [0.1, 0.15) is 51.7 Å². The summed E-state index contributed by atoms with van der Waals surface area (Å²) < 4.78 is 6.06. The summed E-state index contributed by atoms with van der Waals surface area (Å²) in [6.07, 6.45) is 2.97. The summed E-state index contributed by atoms with van der Waals surface area (Å²) in [6.45, 7) is 8.46. The van der Waals surface area contributed by atoms with Crippen molar-refractivity contribution >= 4 is 0 Å². The van der Waals surface area contributed by atoms with Crippen LogP contribution in [0.2, 0.25) is 0 Å². The van der Waals surface area contributed by atoms with Gasteiger partial charge in [-0.1, -0.05) is 19.9 Å². The minimum Gasteiger partial charge on any atom is -0.508 e. The quantitative estimate of drug-likeness (QED) is 0.889. The van der Waals surface area contributed by atoms with Crippen molar-refractivity contribution < 1.29 is 9.84 Å². The van der Waals surface area contributed by atoms with Gasteiger partial charge in [0.05, 0.1) is 12.2 Å². The van der Waals surface area contributed by atoms with Crippen LogP contribution in [0.5, 0.6) is 5.75 Å². The van der Waals surface area contributed by atoms with Crippen molar-refractivity contribution in [2.24, 2.45) is 5.73 Å². The summed E-state index contributed by atoms with van der Waals surface area (Å²) in [6, 6.07) is 5.65. The topological polar surface area (TPSA) is 55.5 Å². The number of nitrogens with two attached hydrogens (primary N) is 1. The zero-order valence-electron chi connectivity index (χ0n) is 13.0. The van der Waals surface area contributed by atoms with Crippen LogP contribution in [0.25, 0.3) is 0 Å². The Hall–Kier alpha value is -1.06. The zero-order valence-corrected chi connectivity index (χ0v) is 13.0. The SMILES string of the molecule is CCC1(CC)c2cc(O)ccc2CC(OC(C)C)C1N. The van der Waals surface area contributed by atoms with Crippen molar-refractivity contribution in [3.63, 3.8) is 0 Å². The van der Waals surface area contributed by atoms with Gasteiger partial charge in [-0.3, -0.25) is 0 Å². The van der Waals surface area contributed by atoms with E-state index >= 15 is 0 Å². The molecule has 0 spiro atoms. The number of hydrogen-bond donors (Lipinski definition) is 2. The molecule has 2 unspecified atom stereocenters. The number of hydrogen-bond acceptors (Lipinski definition) is 3. The van der Waals surface area contributed by atoms with Gasteiger partial charge in [0.15, 0.2) is 0 Å². The highest BCUT2D eigenvalue weighted by Gasteiger charge is 2.45. The highest BCUT2D eigenvalue weighted by Crippen LogP contribution is 2.44. The average molecular weight is 277 g/mol. The lowest BCUT2D eigenvalue weighted by molar-refractivity contribution is -0.0299. The summed E-state index contributed by atoms with van der Waals surface area (Å²) in [5, 5.41) is 9.84. The van der Waals surface area contributed by atoms with Crippen LogP contribution in [0.4, 0.5) is 0 Å². The Kier molecular flexibility index (Phi) is 4.40. The molecular formula is C17H27NO2. The van der Waals surface area contributed by atoms with E-state index in [1.165, 1.54) is 11.1 Å². The molecule has 0 radical (unpaired) electrons. The van der Waals surface area contributed by atoms with Gasteiger partial charge in [-0.2, -0.15) is 0 Å². The number of fused-ring (bicyclic) bond motifs is 1. The first-order valence-corrected chi connectivity index (χ1v) is 7.68. The Morgan fingerprint density at radius 2 is 2.00 bits per heavy atom. The molecule has 2 rings (SSSR count). The highest BCUT2D eigenvalue weighted by molar-refractivity contribution is 5.44. The maximum Gasteiger partial charge on any atom is 0.115 e. The Morgan fingerprint density at radius 1 is 1.35 bits per heavy atom. The Morgan fingerprint density at radius 3 is 2.55 bits per heavy atom. The molecule has 1 aromatic carbocycles. The number of benzene rings is 1. The van der Waals surface area contributed by atoms with Gasteiger partial charge in [-0.05, 0) is 49.9 Å². The largest absolute Gasteiger partial charge is 0.508 e. The van der Waals surface area contributed by atoms with Gasteiger partial charge < -0.3 is 15.6 Å². The molecule has 0 bridgehead atoms. The van der Waals surface area contributed by atoms with Crippen LogP contribution >= 0.6 is 0 Å². The Balaban J connectivity index is 2.50. The fourth-order valence-electron chi connectivity index (χ4n) is 3.67. The summed E-state index contributed by atoms with van der Waals surface area (Å²) in [7, 11) is 0. The van der Waals surface area contributed by atoms with Gasteiger partial charge in [-0.25, -0.2) is 0 Å². The fourth-order valence-corrected chi connectivity index (χ4v) is 3.67. The smallest absolute Gasteiger partial charge is 0.115 e. The summed E-state index contributed by atoms with van der Waals surface area (Å²) in [5.41, 5.74) is 8.95. The minimum atomic E-state index is -0.105. The van der Waals surface area contributed by atoms with Crippen molar-refractivity contribution in [3.05, 3.63) is 29.3 Å². The van der Waals surface area contributed by atoms with Crippen LogP contribution in [-0.2, 0) is 16.6 Å². The second-order valence-electron chi connectivity index (χ2n) is 6.16. The maximum atomic E-state index is 9.84. The van der Waals surface area contributed by atoms with E-state index in [2.05, 4.69) is 27.7 Å². The molecule has 0 aliphatic heterocycles. The van der Waals surface area contributed by atoms with Crippen LogP contribution in [0, 0.1) is 0 Å². The van der Waals surface area contributed by atoms with E-state index in [1.54, 1.807) is 6.07 Å². The van der Waals surface area contributed by atoms with E-state index in [1.807, 2.05) is 12.1 Å². The van der Waals surface area contributed by atoms with Crippen LogP contribution in [-0.4, -0.2) is 23.4 Å². The number of aromatic hydroxyl groups is 1. The lowest BCUT2D eigenvalue weighted by atomic mass is 9.63.